The molecule has 11 nitrogen and oxygen atoms in total. The Bertz CT molecular complexity index is 815. The molecule has 0 bridgehead atoms. The highest BCUT2D eigenvalue weighted by Crippen LogP contribution is 2.27. The summed E-state index contributed by atoms with van der Waals surface area (Å²) < 4.78 is 4.91. The van der Waals surface area contributed by atoms with Gasteiger partial charge in [-0.2, -0.15) is 5.48 Å². The summed E-state index contributed by atoms with van der Waals surface area (Å²) in [6.45, 7) is 1.36. The summed E-state index contributed by atoms with van der Waals surface area (Å²) >= 11 is 0. The fourth-order valence-electron chi connectivity index (χ4n) is 2.95. The number of amides is 1. The summed E-state index contributed by atoms with van der Waals surface area (Å²) in [6, 6.07) is 6.94. The molecule has 170 valence electrons. The van der Waals surface area contributed by atoms with E-state index in [2.05, 4.69) is 10.8 Å². The Labute approximate surface area is 179 Å². The first-order valence-corrected chi connectivity index (χ1v) is 9.99. The van der Waals surface area contributed by atoms with Gasteiger partial charge in [-0.25, -0.2) is 9.59 Å². The van der Waals surface area contributed by atoms with Crippen LogP contribution >= 0.6 is 0 Å². The second-order valence-corrected chi connectivity index (χ2v) is 7.43. The molecule has 1 aromatic carbocycles. The van der Waals surface area contributed by atoms with Crippen LogP contribution in [0.1, 0.15) is 49.8 Å². The number of hydroxylamine groups is 1. The SMILES string of the molecule is CCCCOC(=O)[C@](N)(CNC(=O)C[C@H]1CC(c2ccc(C(=N)N)cc2)NO1)C(=O)O. The zero-order valence-electron chi connectivity index (χ0n) is 17.3. The van der Waals surface area contributed by atoms with Crippen LogP contribution in [-0.2, 0) is 24.0 Å². The van der Waals surface area contributed by atoms with Crippen molar-refractivity contribution in [2.45, 2.75) is 50.3 Å². The van der Waals surface area contributed by atoms with Gasteiger partial charge in [0.05, 0.1) is 31.7 Å². The number of nitrogens with one attached hydrogen (secondary N) is 3. The average molecular weight is 435 g/mol. The van der Waals surface area contributed by atoms with Crippen LogP contribution in [0.15, 0.2) is 24.3 Å². The number of carbonyl (C=O) groups is 3. The van der Waals surface area contributed by atoms with Crippen LogP contribution in [0.25, 0.3) is 0 Å². The molecular formula is C20H29N5O6. The molecule has 1 saturated heterocycles. The summed E-state index contributed by atoms with van der Waals surface area (Å²) in [6.07, 6.45) is 1.35. The molecule has 8 N–H and O–H groups in total. The first-order valence-electron chi connectivity index (χ1n) is 9.99. The molecule has 1 heterocycles. The van der Waals surface area contributed by atoms with Gasteiger partial charge in [0, 0.05) is 5.56 Å². The molecule has 1 aromatic rings. The van der Waals surface area contributed by atoms with E-state index in [1.54, 1.807) is 12.1 Å². The van der Waals surface area contributed by atoms with Crippen LogP contribution in [0.5, 0.6) is 0 Å². The highest BCUT2D eigenvalue weighted by Gasteiger charge is 2.44. The van der Waals surface area contributed by atoms with Crippen molar-refractivity contribution in [3.63, 3.8) is 0 Å². The predicted octanol–water partition coefficient (Wildman–Crippen LogP) is -0.0630. The number of ether oxygens (including phenoxy) is 1. The number of aliphatic carboxylic acids is 1. The third-order valence-corrected chi connectivity index (χ3v) is 4.95. The van der Waals surface area contributed by atoms with E-state index >= 15 is 0 Å². The quantitative estimate of drug-likeness (QED) is 0.0908. The largest absolute Gasteiger partial charge is 0.479 e. The number of rotatable bonds is 11. The van der Waals surface area contributed by atoms with E-state index in [9.17, 15) is 19.5 Å². The number of nitrogen functional groups attached to an aromatic ring is 1. The second-order valence-electron chi connectivity index (χ2n) is 7.43. The van der Waals surface area contributed by atoms with E-state index < -0.39 is 36.0 Å². The fraction of sp³-hybridized carbons (Fsp3) is 0.500. The van der Waals surface area contributed by atoms with Crippen molar-refractivity contribution in [1.29, 1.82) is 5.41 Å². The van der Waals surface area contributed by atoms with Crippen molar-refractivity contribution in [2.75, 3.05) is 13.2 Å². The number of carbonyl (C=O) groups excluding carboxylic acids is 2. The first kappa shape index (κ1) is 24.3. The summed E-state index contributed by atoms with van der Waals surface area (Å²) in [5.74, 6) is -3.20. The van der Waals surface area contributed by atoms with E-state index in [1.165, 1.54) is 0 Å². The van der Waals surface area contributed by atoms with Gasteiger partial charge in [-0.15, -0.1) is 0 Å². The standard InChI is InChI=1S/C20H29N5O6/c1-2-3-8-30-19(29)20(23,18(27)28)11-24-16(26)10-14-9-15(25-31-14)12-4-6-13(7-5-12)17(21)22/h4-7,14-15,25H,2-3,8-11,23H2,1H3,(H3,21,22)(H,24,26)(H,27,28)/t14-,15?,20+/m1/s1. The number of carboxylic acids is 1. The summed E-state index contributed by atoms with van der Waals surface area (Å²) in [5, 5.41) is 19.1. The summed E-state index contributed by atoms with van der Waals surface area (Å²) in [5.41, 5.74) is 13.2. The number of benzene rings is 1. The predicted molar refractivity (Wildman–Crippen MR) is 111 cm³/mol. The number of hydrogen-bond donors (Lipinski definition) is 6. The van der Waals surface area contributed by atoms with E-state index in [4.69, 9.17) is 26.5 Å². The van der Waals surface area contributed by atoms with Crippen molar-refractivity contribution < 1.29 is 29.1 Å². The lowest BCUT2D eigenvalue weighted by molar-refractivity contribution is -0.160. The topological polar surface area (TPSA) is 190 Å². The highest BCUT2D eigenvalue weighted by molar-refractivity contribution is 6.04. The number of hydrogen-bond acceptors (Lipinski definition) is 8. The Kier molecular flexibility index (Phi) is 8.48. The molecule has 11 heteroatoms. The number of unbranched alkanes of at least 4 members (excludes halogenated alkanes) is 1. The molecule has 2 rings (SSSR count). The van der Waals surface area contributed by atoms with Crippen molar-refractivity contribution in [3.05, 3.63) is 35.4 Å². The van der Waals surface area contributed by atoms with Gasteiger partial charge in [0.1, 0.15) is 5.84 Å². The Morgan fingerprint density at radius 3 is 2.61 bits per heavy atom. The zero-order valence-corrected chi connectivity index (χ0v) is 17.3. The minimum absolute atomic E-state index is 0.0247. The van der Waals surface area contributed by atoms with Gasteiger partial charge >= 0.3 is 11.9 Å². The van der Waals surface area contributed by atoms with Gasteiger partial charge < -0.3 is 26.6 Å². The lowest BCUT2D eigenvalue weighted by Crippen LogP contribution is -2.62. The smallest absolute Gasteiger partial charge is 0.339 e. The maximum Gasteiger partial charge on any atom is 0.339 e. The van der Waals surface area contributed by atoms with Gasteiger partial charge in [0.25, 0.3) is 0 Å². The number of nitrogens with two attached hydrogens (primary N) is 2. The van der Waals surface area contributed by atoms with Crippen LogP contribution in [0.4, 0.5) is 0 Å². The molecule has 31 heavy (non-hydrogen) atoms. The summed E-state index contributed by atoms with van der Waals surface area (Å²) in [4.78, 5) is 41.3. The number of carboxylic acid groups (broad SMARTS) is 1. The molecule has 3 atom stereocenters. The highest BCUT2D eigenvalue weighted by atomic mass is 16.7. The molecule has 0 aliphatic carbocycles. The van der Waals surface area contributed by atoms with Crippen LogP contribution in [0.3, 0.4) is 0 Å². The van der Waals surface area contributed by atoms with Gasteiger partial charge in [0.15, 0.2) is 0 Å². The number of amidine groups is 1. The molecule has 0 radical (unpaired) electrons. The third kappa shape index (κ3) is 6.48. The molecule has 1 aliphatic heterocycles. The van der Waals surface area contributed by atoms with E-state index in [1.807, 2.05) is 19.1 Å². The Morgan fingerprint density at radius 2 is 2.03 bits per heavy atom. The van der Waals surface area contributed by atoms with E-state index in [-0.39, 0.29) is 24.9 Å². The van der Waals surface area contributed by atoms with Crippen LogP contribution in [0.2, 0.25) is 0 Å². The zero-order chi connectivity index (χ0) is 23.0. The average Bonchev–Trinajstić information content (AvgIpc) is 3.20. The Hall–Kier alpha value is -3.02. The maximum atomic E-state index is 12.3. The lowest BCUT2D eigenvalue weighted by atomic mass is 9.99. The van der Waals surface area contributed by atoms with Crippen LogP contribution < -0.4 is 22.3 Å². The van der Waals surface area contributed by atoms with Gasteiger partial charge in [-0.05, 0) is 18.4 Å². The molecule has 1 unspecified atom stereocenters. The molecule has 1 amide bonds. The van der Waals surface area contributed by atoms with Gasteiger partial charge in [-0.1, -0.05) is 37.6 Å². The fourth-order valence-corrected chi connectivity index (χ4v) is 2.95. The Morgan fingerprint density at radius 1 is 1.35 bits per heavy atom. The minimum Gasteiger partial charge on any atom is -0.479 e. The molecule has 0 aromatic heterocycles. The first-order chi connectivity index (χ1) is 14.7. The second kappa shape index (κ2) is 10.8. The summed E-state index contributed by atoms with van der Waals surface area (Å²) in [7, 11) is 0. The normalized spacial score (nSPS) is 19.9. The van der Waals surface area contributed by atoms with Crippen molar-refractivity contribution in [2.24, 2.45) is 11.5 Å². The number of esters is 1. The van der Waals surface area contributed by atoms with Crippen LogP contribution in [-0.4, -0.2) is 53.6 Å². The van der Waals surface area contributed by atoms with Crippen LogP contribution in [0, 0.1) is 5.41 Å². The maximum absolute atomic E-state index is 12.3. The van der Waals surface area contributed by atoms with E-state index in [0.29, 0.717) is 18.4 Å². The third-order valence-electron chi connectivity index (χ3n) is 4.95. The Balaban J connectivity index is 1.85. The molecule has 1 aliphatic rings. The minimum atomic E-state index is -2.36. The van der Waals surface area contributed by atoms with Gasteiger partial charge in [0.2, 0.25) is 11.4 Å². The monoisotopic (exact) mass is 435 g/mol. The van der Waals surface area contributed by atoms with E-state index in [0.717, 1.165) is 12.0 Å². The van der Waals surface area contributed by atoms with Crippen molar-refractivity contribution in [1.82, 2.24) is 10.8 Å². The molecule has 0 saturated carbocycles. The van der Waals surface area contributed by atoms with Crippen molar-refractivity contribution >= 4 is 23.7 Å². The molecular weight excluding hydrogens is 406 g/mol. The molecule has 1 fully saturated rings. The lowest BCUT2D eigenvalue weighted by Gasteiger charge is -2.23. The molecule has 0 spiro atoms. The van der Waals surface area contributed by atoms with Gasteiger partial charge in [-0.3, -0.25) is 15.0 Å². The van der Waals surface area contributed by atoms with Crippen molar-refractivity contribution in [3.8, 4) is 0 Å².